The minimum absolute atomic E-state index is 0.188. The molecule has 0 atom stereocenters. The van der Waals surface area contributed by atoms with E-state index in [0.717, 1.165) is 11.1 Å². The average Bonchev–Trinajstić information content (AvgIpc) is 2.87. The lowest BCUT2D eigenvalue weighted by Gasteiger charge is -2.11. The molecule has 0 aliphatic rings. The fraction of sp³-hybridized carbons (Fsp3) is 0.400. The van der Waals surface area contributed by atoms with E-state index in [4.69, 9.17) is 9.15 Å². The topological polar surface area (TPSA) is 65.2 Å². The summed E-state index contributed by atoms with van der Waals surface area (Å²) < 4.78 is 10.4. The van der Waals surface area contributed by atoms with Crippen LogP contribution >= 0.6 is 0 Å². The van der Waals surface area contributed by atoms with Crippen molar-refractivity contribution in [2.24, 2.45) is 0 Å². The highest BCUT2D eigenvalue weighted by Gasteiger charge is 2.22. The summed E-state index contributed by atoms with van der Waals surface area (Å²) in [5.74, 6) is 0.687. The molecule has 0 saturated carbocycles. The summed E-state index contributed by atoms with van der Waals surface area (Å²) in [5.41, 5.74) is 1.95. The maximum Gasteiger partial charge on any atom is 0.338 e. The quantitative estimate of drug-likeness (QED) is 0.787. The first-order valence-corrected chi connectivity index (χ1v) is 6.36. The molecule has 0 aliphatic heterocycles. The molecule has 0 saturated heterocycles. The molecule has 5 heteroatoms. The highest BCUT2D eigenvalue weighted by atomic mass is 16.5. The van der Waals surface area contributed by atoms with Gasteiger partial charge in [0.1, 0.15) is 0 Å². The van der Waals surface area contributed by atoms with Gasteiger partial charge < -0.3 is 9.15 Å². The molecule has 106 valence electrons. The Morgan fingerprint density at radius 3 is 2.45 bits per heavy atom. The number of esters is 1. The molecule has 1 aromatic heterocycles. The number of carbonyl (C=O) groups is 1. The first kappa shape index (κ1) is 14.2. The first-order valence-electron chi connectivity index (χ1n) is 6.36. The number of aryl methyl sites for hydroxylation is 1. The number of hydrogen-bond acceptors (Lipinski definition) is 5. The van der Waals surface area contributed by atoms with Crippen molar-refractivity contribution in [1.82, 2.24) is 10.2 Å². The van der Waals surface area contributed by atoms with Gasteiger partial charge in [-0.15, -0.1) is 10.2 Å². The molecule has 1 heterocycles. The van der Waals surface area contributed by atoms with Gasteiger partial charge in [-0.05, 0) is 30.7 Å². The van der Waals surface area contributed by atoms with Crippen molar-refractivity contribution in [3.8, 4) is 11.5 Å². The third-order valence-electron chi connectivity index (χ3n) is 2.95. The van der Waals surface area contributed by atoms with Gasteiger partial charge in [-0.1, -0.05) is 20.8 Å². The van der Waals surface area contributed by atoms with Gasteiger partial charge in [-0.2, -0.15) is 0 Å². The number of ether oxygens (including phenoxy) is 1. The van der Waals surface area contributed by atoms with Crippen molar-refractivity contribution in [1.29, 1.82) is 0 Å². The number of rotatable bonds is 2. The van der Waals surface area contributed by atoms with E-state index in [1.807, 2.05) is 33.8 Å². The summed E-state index contributed by atoms with van der Waals surface area (Å²) in [7, 11) is 1.36. The molecule has 0 fully saturated rings. The molecule has 0 amide bonds. The van der Waals surface area contributed by atoms with Crippen molar-refractivity contribution >= 4 is 5.97 Å². The Bertz CT molecular complexity index is 639. The van der Waals surface area contributed by atoms with Crippen LogP contribution in [0.3, 0.4) is 0 Å². The molecule has 0 N–H and O–H groups in total. The molecule has 20 heavy (non-hydrogen) atoms. The minimum atomic E-state index is -0.352. The van der Waals surface area contributed by atoms with Crippen LogP contribution in [-0.4, -0.2) is 23.3 Å². The van der Waals surface area contributed by atoms with Crippen LogP contribution in [0.15, 0.2) is 22.6 Å². The zero-order chi connectivity index (χ0) is 14.9. The van der Waals surface area contributed by atoms with Crippen LogP contribution in [0.4, 0.5) is 0 Å². The molecule has 2 rings (SSSR count). The largest absolute Gasteiger partial charge is 0.465 e. The van der Waals surface area contributed by atoms with Gasteiger partial charge in [0.25, 0.3) is 0 Å². The highest BCUT2D eigenvalue weighted by molar-refractivity contribution is 5.91. The number of aromatic nitrogens is 2. The van der Waals surface area contributed by atoms with Crippen molar-refractivity contribution in [2.75, 3.05) is 7.11 Å². The Labute approximate surface area is 118 Å². The second-order valence-corrected chi connectivity index (χ2v) is 5.68. The van der Waals surface area contributed by atoms with Gasteiger partial charge in [0, 0.05) is 11.0 Å². The maximum absolute atomic E-state index is 11.5. The van der Waals surface area contributed by atoms with Gasteiger partial charge in [0.15, 0.2) is 0 Å². The lowest BCUT2D eigenvalue weighted by Crippen LogP contribution is -2.11. The van der Waals surface area contributed by atoms with Crippen LogP contribution in [0.5, 0.6) is 0 Å². The molecule has 2 aromatic rings. The summed E-state index contributed by atoms with van der Waals surface area (Å²) in [6, 6.07) is 5.32. The molecule has 0 bridgehead atoms. The van der Waals surface area contributed by atoms with E-state index in [0.29, 0.717) is 17.3 Å². The van der Waals surface area contributed by atoms with E-state index in [-0.39, 0.29) is 11.4 Å². The Morgan fingerprint density at radius 1 is 1.25 bits per heavy atom. The predicted octanol–water partition coefficient (Wildman–Crippen LogP) is 3.13. The molecule has 0 aliphatic carbocycles. The number of benzene rings is 1. The van der Waals surface area contributed by atoms with E-state index in [1.54, 1.807) is 12.1 Å². The summed E-state index contributed by atoms with van der Waals surface area (Å²) >= 11 is 0. The number of carbonyl (C=O) groups excluding carboxylic acids is 1. The normalized spacial score (nSPS) is 11.4. The Hall–Kier alpha value is -2.17. The molecular weight excluding hydrogens is 256 g/mol. The van der Waals surface area contributed by atoms with Crippen LogP contribution < -0.4 is 0 Å². The highest BCUT2D eigenvalue weighted by Crippen LogP contribution is 2.26. The van der Waals surface area contributed by atoms with E-state index in [2.05, 4.69) is 10.2 Å². The van der Waals surface area contributed by atoms with E-state index in [9.17, 15) is 4.79 Å². The van der Waals surface area contributed by atoms with Crippen molar-refractivity contribution < 1.29 is 13.9 Å². The minimum Gasteiger partial charge on any atom is -0.465 e. The molecular formula is C15H18N2O3. The molecule has 0 radical (unpaired) electrons. The van der Waals surface area contributed by atoms with Crippen molar-refractivity contribution in [3.63, 3.8) is 0 Å². The fourth-order valence-corrected chi connectivity index (χ4v) is 1.78. The zero-order valence-corrected chi connectivity index (χ0v) is 12.4. The fourth-order valence-electron chi connectivity index (χ4n) is 1.78. The molecule has 1 aromatic carbocycles. The standard InChI is InChI=1S/C15H18N2O3/c1-9-8-10(6-7-11(9)13(18)19-5)12-16-17-14(20-12)15(2,3)4/h6-8H,1-5H3. The number of hydrogen-bond donors (Lipinski definition) is 0. The Kier molecular flexibility index (Phi) is 3.61. The second kappa shape index (κ2) is 5.07. The molecule has 0 spiro atoms. The smallest absolute Gasteiger partial charge is 0.338 e. The van der Waals surface area contributed by atoms with Gasteiger partial charge in [-0.25, -0.2) is 4.79 Å². The zero-order valence-electron chi connectivity index (χ0n) is 12.4. The van der Waals surface area contributed by atoms with Crippen LogP contribution in [0.1, 0.15) is 42.6 Å². The summed E-state index contributed by atoms with van der Waals surface area (Å²) in [5, 5.41) is 8.11. The SMILES string of the molecule is COC(=O)c1ccc(-c2nnc(C(C)(C)C)o2)cc1C. The third kappa shape index (κ3) is 2.71. The molecule has 0 unspecified atom stereocenters. The van der Waals surface area contributed by atoms with Gasteiger partial charge in [-0.3, -0.25) is 0 Å². The lowest BCUT2D eigenvalue weighted by atomic mass is 9.97. The Morgan fingerprint density at radius 2 is 1.95 bits per heavy atom. The first-order chi connectivity index (χ1) is 9.32. The summed E-state index contributed by atoms with van der Waals surface area (Å²) in [4.78, 5) is 11.5. The van der Waals surface area contributed by atoms with Crippen LogP contribution in [0.2, 0.25) is 0 Å². The van der Waals surface area contributed by atoms with Gasteiger partial charge >= 0.3 is 5.97 Å². The van der Waals surface area contributed by atoms with Gasteiger partial charge in [0.05, 0.1) is 12.7 Å². The van der Waals surface area contributed by atoms with Crippen molar-refractivity contribution in [3.05, 3.63) is 35.2 Å². The number of nitrogens with zero attached hydrogens (tertiary/aromatic N) is 2. The predicted molar refractivity (Wildman–Crippen MR) is 74.5 cm³/mol. The van der Waals surface area contributed by atoms with Crippen molar-refractivity contribution in [2.45, 2.75) is 33.1 Å². The lowest BCUT2D eigenvalue weighted by molar-refractivity contribution is 0.0600. The average molecular weight is 274 g/mol. The maximum atomic E-state index is 11.5. The van der Waals surface area contributed by atoms with Crippen LogP contribution in [0.25, 0.3) is 11.5 Å². The number of methoxy groups -OCH3 is 1. The van der Waals surface area contributed by atoms with Crippen LogP contribution in [0, 0.1) is 6.92 Å². The van der Waals surface area contributed by atoms with E-state index >= 15 is 0 Å². The van der Waals surface area contributed by atoms with Gasteiger partial charge in [0.2, 0.25) is 11.8 Å². The Balaban J connectivity index is 2.37. The van der Waals surface area contributed by atoms with E-state index < -0.39 is 0 Å². The van der Waals surface area contributed by atoms with Crippen LogP contribution in [-0.2, 0) is 10.2 Å². The molecule has 5 nitrogen and oxygen atoms in total. The summed E-state index contributed by atoms with van der Waals surface area (Å²) in [6.07, 6.45) is 0. The van der Waals surface area contributed by atoms with E-state index in [1.165, 1.54) is 7.11 Å². The monoisotopic (exact) mass is 274 g/mol. The third-order valence-corrected chi connectivity index (χ3v) is 2.95. The summed E-state index contributed by atoms with van der Waals surface area (Å²) in [6.45, 7) is 7.87. The second-order valence-electron chi connectivity index (χ2n) is 5.68.